The zero-order valence-electron chi connectivity index (χ0n) is 14.8. The smallest absolute Gasteiger partial charge is 0.169 e. The largest absolute Gasteiger partial charge is 0.360 e. The number of ether oxygens (including phenoxy) is 1. The number of rotatable bonds is 6. The maximum atomic E-state index is 13.0. The summed E-state index contributed by atoms with van der Waals surface area (Å²) >= 11 is 0. The van der Waals surface area contributed by atoms with Crippen LogP contribution in [0.2, 0.25) is 0 Å². The van der Waals surface area contributed by atoms with E-state index >= 15 is 0 Å². The van der Waals surface area contributed by atoms with Crippen molar-refractivity contribution in [1.29, 1.82) is 0 Å². The van der Waals surface area contributed by atoms with Crippen molar-refractivity contribution in [3.8, 4) is 0 Å². The van der Waals surface area contributed by atoms with Gasteiger partial charge in [-0.3, -0.25) is 4.79 Å². The molecule has 5 atom stereocenters. The Morgan fingerprint density at radius 1 is 1.25 bits per heavy atom. The number of ketones is 1. The summed E-state index contributed by atoms with van der Waals surface area (Å²) in [5, 5.41) is 0. The first-order chi connectivity index (χ1) is 11.5. The molecule has 0 amide bonds. The summed E-state index contributed by atoms with van der Waals surface area (Å²) in [6.07, 6.45) is 5.78. The van der Waals surface area contributed by atoms with E-state index in [1.807, 2.05) is 6.07 Å². The lowest BCUT2D eigenvalue weighted by atomic mass is 9.75. The first-order valence-electron chi connectivity index (χ1n) is 9.43. The van der Waals surface area contributed by atoms with E-state index in [9.17, 15) is 4.79 Å². The highest BCUT2D eigenvalue weighted by molar-refractivity contribution is 5.91. The standard InChI is InChI=1S/C22H28O2/c1-4-8-15(14-9-6-5-7-10-14)11-19(23)21-16-12-18-20(24-21)13-17(16)22(18,2)3/h5-7,9-10,15-18,20H,1,4,8,11-13H2,2-3H3. The summed E-state index contributed by atoms with van der Waals surface area (Å²) in [5.74, 6) is 2.17. The predicted octanol–water partition coefficient (Wildman–Crippen LogP) is 4.96. The third-order valence-electron chi connectivity index (χ3n) is 6.99. The number of carbonyl (C=O) groups is 1. The molecule has 0 aromatic heterocycles. The Kier molecular flexibility index (Phi) is 4.07. The van der Waals surface area contributed by atoms with E-state index in [-0.39, 0.29) is 17.8 Å². The SMILES string of the molecule is [CH2]CCC(CC(=O)[C]1OC2CC3C1CC2C3(C)C)c1ccccc1. The van der Waals surface area contributed by atoms with Crippen LogP contribution in [0.4, 0.5) is 0 Å². The average molecular weight is 324 g/mol. The molecule has 0 spiro atoms. The van der Waals surface area contributed by atoms with Crippen molar-refractivity contribution >= 4 is 5.78 Å². The molecule has 2 radical (unpaired) electrons. The molecule has 2 saturated heterocycles. The first-order valence-corrected chi connectivity index (χ1v) is 9.43. The van der Waals surface area contributed by atoms with Crippen molar-refractivity contribution in [3.63, 3.8) is 0 Å². The number of fused-ring (bicyclic) bond motifs is 1. The van der Waals surface area contributed by atoms with E-state index in [1.54, 1.807) is 0 Å². The number of carbonyl (C=O) groups excluding carboxylic acids is 1. The van der Waals surface area contributed by atoms with Gasteiger partial charge in [0.05, 0.1) is 6.10 Å². The Bertz CT molecular complexity index is 606. The summed E-state index contributed by atoms with van der Waals surface area (Å²) in [4.78, 5) is 13.0. The Labute approximate surface area is 146 Å². The van der Waals surface area contributed by atoms with Crippen LogP contribution in [0.3, 0.4) is 0 Å². The highest BCUT2D eigenvalue weighted by atomic mass is 16.5. The van der Waals surface area contributed by atoms with Crippen molar-refractivity contribution in [1.82, 2.24) is 0 Å². The summed E-state index contributed by atoms with van der Waals surface area (Å²) in [7, 11) is 0. The second-order valence-electron chi connectivity index (χ2n) is 8.51. The molecule has 0 N–H and O–H groups in total. The van der Waals surface area contributed by atoms with Gasteiger partial charge in [0.15, 0.2) is 11.9 Å². The van der Waals surface area contributed by atoms with Gasteiger partial charge in [0.1, 0.15) is 0 Å². The second kappa shape index (κ2) is 5.98. The van der Waals surface area contributed by atoms with Crippen LogP contribution in [0.5, 0.6) is 0 Å². The molecule has 2 saturated carbocycles. The predicted molar refractivity (Wildman–Crippen MR) is 95.0 cm³/mol. The van der Waals surface area contributed by atoms with Gasteiger partial charge in [0.2, 0.25) is 0 Å². The first kappa shape index (κ1) is 16.3. The molecule has 128 valence electrons. The van der Waals surface area contributed by atoms with Crippen LogP contribution in [-0.4, -0.2) is 11.9 Å². The summed E-state index contributed by atoms with van der Waals surface area (Å²) < 4.78 is 6.20. The fourth-order valence-corrected chi connectivity index (χ4v) is 5.67. The molecule has 5 unspecified atom stereocenters. The molecule has 4 aliphatic rings. The van der Waals surface area contributed by atoms with Gasteiger partial charge in [0.25, 0.3) is 0 Å². The molecule has 4 fully saturated rings. The summed E-state index contributed by atoms with van der Waals surface area (Å²) in [6, 6.07) is 10.4. The van der Waals surface area contributed by atoms with Crippen LogP contribution in [0, 0.1) is 36.2 Å². The lowest BCUT2D eigenvalue weighted by Gasteiger charge is -2.40. The van der Waals surface area contributed by atoms with Crippen LogP contribution in [0.1, 0.15) is 57.4 Å². The molecule has 2 heterocycles. The monoisotopic (exact) mass is 324 g/mol. The van der Waals surface area contributed by atoms with E-state index in [0.29, 0.717) is 29.6 Å². The summed E-state index contributed by atoms with van der Waals surface area (Å²) in [6.45, 7) is 8.74. The third kappa shape index (κ3) is 2.45. The minimum atomic E-state index is 0.244. The minimum Gasteiger partial charge on any atom is -0.360 e. The number of hydrogen-bond acceptors (Lipinski definition) is 2. The van der Waals surface area contributed by atoms with Gasteiger partial charge in [-0.05, 0) is 48.0 Å². The van der Waals surface area contributed by atoms with E-state index in [1.165, 1.54) is 5.56 Å². The van der Waals surface area contributed by atoms with Crippen molar-refractivity contribution in [2.45, 2.75) is 58.0 Å². The number of Topliss-reactive ketones (excluding diaryl/α,β-unsaturated/α-hetero) is 1. The second-order valence-corrected chi connectivity index (χ2v) is 8.51. The fourth-order valence-electron chi connectivity index (χ4n) is 5.67. The molecular weight excluding hydrogens is 296 g/mol. The van der Waals surface area contributed by atoms with Gasteiger partial charge in [-0.2, -0.15) is 0 Å². The topological polar surface area (TPSA) is 26.3 Å². The Morgan fingerprint density at radius 3 is 2.58 bits per heavy atom. The van der Waals surface area contributed by atoms with Crippen LogP contribution in [0.15, 0.2) is 30.3 Å². The quantitative estimate of drug-likeness (QED) is 0.739. The highest BCUT2D eigenvalue weighted by Gasteiger charge is 2.65. The normalized spacial score (nSPS) is 34.6. The van der Waals surface area contributed by atoms with E-state index in [4.69, 9.17) is 4.74 Å². The zero-order chi connectivity index (χ0) is 16.9. The molecular formula is C22H28O2. The van der Waals surface area contributed by atoms with Gasteiger partial charge in [-0.15, -0.1) is 0 Å². The molecule has 4 bridgehead atoms. The van der Waals surface area contributed by atoms with Crippen molar-refractivity contribution in [2.75, 3.05) is 0 Å². The highest BCUT2D eigenvalue weighted by Crippen LogP contribution is 2.67. The van der Waals surface area contributed by atoms with E-state index < -0.39 is 0 Å². The van der Waals surface area contributed by atoms with Crippen LogP contribution in [0.25, 0.3) is 0 Å². The van der Waals surface area contributed by atoms with Crippen LogP contribution in [-0.2, 0) is 9.53 Å². The Hall–Kier alpha value is -1.15. The van der Waals surface area contributed by atoms with E-state index in [2.05, 4.69) is 45.0 Å². The Morgan fingerprint density at radius 2 is 2.00 bits per heavy atom. The molecule has 2 aliphatic heterocycles. The molecule has 2 aliphatic carbocycles. The van der Waals surface area contributed by atoms with Crippen LogP contribution < -0.4 is 0 Å². The zero-order valence-corrected chi connectivity index (χ0v) is 14.8. The summed E-state index contributed by atoms with van der Waals surface area (Å²) in [5.41, 5.74) is 1.59. The maximum Gasteiger partial charge on any atom is 0.169 e. The lowest BCUT2D eigenvalue weighted by molar-refractivity contribution is -0.137. The lowest BCUT2D eigenvalue weighted by Crippen LogP contribution is -2.41. The average Bonchev–Trinajstić information content (AvgIpc) is 2.97. The van der Waals surface area contributed by atoms with Gasteiger partial charge >= 0.3 is 0 Å². The Balaban J connectivity index is 1.49. The number of hydrogen-bond donors (Lipinski definition) is 0. The van der Waals surface area contributed by atoms with Crippen molar-refractivity contribution in [2.24, 2.45) is 23.2 Å². The van der Waals surface area contributed by atoms with Gasteiger partial charge in [-0.1, -0.05) is 57.5 Å². The van der Waals surface area contributed by atoms with Crippen molar-refractivity contribution < 1.29 is 9.53 Å². The molecule has 5 rings (SSSR count). The molecule has 1 aromatic carbocycles. The van der Waals surface area contributed by atoms with Gasteiger partial charge in [-0.25, -0.2) is 0 Å². The minimum absolute atomic E-state index is 0.244. The van der Waals surface area contributed by atoms with Gasteiger partial charge < -0.3 is 4.74 Å². The number of benzene rings is 1. The van der Waals surface area contributed by atoms with E-state index in [0.717, 1.165) is 31.8 Å². The third-order valence-corrected chi connectivity index (χ3v) is 6.99. The molecule has 1 aromatic rings. The molecule has 24 heavy (non-hydrogen) atoms. The fraction of sp³-hybridized carbons (Fsp3) is 0.591. The maximum absolute atomic E-state index is 13.0. The van der Waals surface area contributed by atoms with Crippen molar-refractivity contribution in [3.05, 3.63) is 48.9 Å². The van der Waals surface area contributed by atoms with Gasteiger partial charge in [0, 0.05) is 12.3 Å². The van der Waals surface area contributed by atoms with Crippen LogP contribution >= 0.6 is 0 Å². The molecule has 2 nitrogen and oxygen atoms in total. The molecule has 2 heteroatoms.